The Hall–Kier alpha value is -4.44. The van der Waals surface area contributed by atoms with E-state index in [0.29, 0.717) is 12.8 Å². The molecule has 1 aliphatic rings. The molecule has 1 saturated heterocycles. The lowest BCUT2D eigenvalue weighted by molar-refractivity contribution is -0.159. The number of urea groups is 1. The van der Waals surface area contributed by atoms with E-state index in [-0.39, 0.29) is 31.7 Å². The predicted octanol–water partition coefficient (Wildman–Crippen LogP) is 0.294. The molecule has 0 aromatic heterocycles. The first-order valence-electron chi connectivity index (χ1n) is 15.5. The van der Waals surface area contributed by atoms with Crippen LogP contribution in [0.3, 0.4) is 0 Å². The highest BCUT2D eigenvalue weighted by molar-refractivity contribution is 5.95. The molecule has 1 aliphatic heterocycles. The van der Waals surface area contributed by atoms with E-state index in [4.69, 9.17) is 9.84 Å². The number of carbonyl (C=O) groups excluding carboxylic acids is 6. The summed E-state index contributed by atoms with van der Waals surface area (Å²) in [6.45, 7) is 10.3. The van der Waals surface area contributed by atoms with Gasteiger partial charge in [-0.25, -0.2) is 14.4 Å². The van der Waals surface area contributed by atoms with Crippen LogP contribution in [0.25, 0.3) is 0 Å². The number of carboxylic acid groups (broad SMARTS) is 2. The Bertz CT molecular complexity index is 1170. The standard InChI is InChI=1S/C30H49N5O12/c1-16(2)15-20(34-29(45)35-14-8-9-21(35)28(44)47-30(4,5)6)26(42)32-18(10-12-22(36)37)25(41)31-17(3)24(40)33-19(27(43)46-7)11-13-23(38)39/h16-21H,8-15H2,1-7H3,(H,31,41)(H,32,42)(H,33,40)(H,34,45)(H,36,37)(H,38,39)/t17-,18-,19-,20-,21-/m0/s1. The lowest BCUT2D eigenvalue weighted by Gasteiger charge is -2.30. The number of ether oxygens (including phenoxy) is 2. The van der Waals surface area contributed by atoms with Gasteiger partial charge in [-0.3, -0.25) is 24.0 Å². The highest BCUT2D eigenvalue weighted by Crippen LogP contribution is 2.22. The van der Waals surface area contributed by atoms with Gasteiger partial charge in [-0.15, -0.1) is 0 Å². The van der Waals surface area contributed by atoms with Crippen LogP contribution in [0.4, 0.5) is 4.79 Å². The molecule has 266 valence electrons. The van der Waals surface area contributed by atoms with Crippen molar-refractivity contribution in [1.82, 2.24) is 26.2 Å². The lowest BCUT2D eigenvalue weighted by atomic mass is 10.0. The fourth-order valence-corrected chi connectivity index (χ4v) is 4.70. The van der Waals surface area contributed by atoms with E-state index < -0.39 is 96.3 Å². The van der Waals surface area contributed by atoms with Crippen molar-refractivity contribution in [3.63, 3.8) is 0 Å². The first-order chi connectivity index (χ1) is 21.7. The number of rotatable bonds is 17. The molecule has 47 heavy (non-hydrogen) atoms. The predicted molar refractivity (Wildman–Crippen MR) is 165 cm³/mol. The van der Waals surface area contributed by atoms with Crippen molar-refractivity contribution in [2.75, 3.05) is 13.7 Å². The van der Waals surface area contributed by atoms with Gasteiger partial charge in [0.1, 0.15) is 35.8 Å². The van der Waals surface area contributed by atoms with Crippen LogP contribution < -0.4 is 21.3 Å². The van der Waals surface area contributed by atoms with Crippen molar-refractivity contribution in [3.05, 3.63) is 0 Å². The van der Waals surface area contributed by atoms with Gasteiger partial charge in [0.15, 0.2) is 0 Å². The van der Waals surface area contributed by atoms with Crippen molar-refractivity contribution in [3.8, 4) is 0 Å². The zero-order valence-electron chi connectivity index (χ0n) is 28.0. The zero-order chi connectivity index (χ0) is 36.1. The Balaban J connectivity index is 3.07. The van der Waals surface area contributed by atoms with Gasteiger partial charge in [-0.05, 0) is 65.7 Å². The van der Waals surface area contributed by atoms with Crippen molar-refractivity contribution in [2.24, 2.45) is 5.92 Å². The van der Waals surface area contributed by atoms with Crippen molar-refractivity contribution in [1.29, 1.82) is 0 Å². The molecule has 5 amide bonds. The molecule has 0 aliphatic carbocycles. The van der Waals surface area contributed by atoms with Crippen molar-refractivity contribution >= 4 is 47.6 Å². The molecule has 0 saturated carbocycles. The molecule has 5 atom stereocenters. The zero-order valence-corrected chi connectivity index (χ0v) is 28.0. The van der Waals surface area contributed by atoms with Gasteiger partial charge in [-0.1, -0.05) is 13.8 Å². The van der Waals surface area contributed by atoms with Crippen LogP contribution in [0.15, 0.2) is 0 Å². The monoisotopic (exact) mass is 671 g/mol. The van der Waals surface area contributed by atoms with Crippen molar-refractivity contribution in [2.45, 2.75) is 122 Å². The molecule has 1 fully saturated rings. The minimum atomic E-state index is -1.44. The Kier molecular flexibility index (Phi) is 16.1. The van der Waals surface area contributed by atoms with E-state index in [1.807, 2.05) is 0 Å². The number of esters is 2. The Morgan fingerprint density at radius 1 is 0.787 bits per heavy atom. The molecule has 1 rings (SSSR count). The van der Waals surface area contributed by atoms with E-state index in [1.165, 1.54) is 11.8 Å². The molecule has 6 N–H and O–H groups in total. The SMILES string of the molecule is COC(=O)[C@H](CCC(=O)O)NC(=O)[C@H](C)NC(=O)[C@H](CCC(=O)O)NC(=O)[C@H](CC(C)C)NC(=O)N1CCC[C@H]1C(=O)OC(C)(C)C. The minimum Gasteiger partial charge on any atom is -0.481 e. The molecule has 0 radical (unpaired) electrons. The van der Waals surface area contributed by atoms with Gasteiger partial charge in [0.25, 0.3) is 0 Å². The van der Waals surface area contributed by atoms with Crippen LogP contribution >= 0.6 is 0 Å². The number of nitrogens with one attached hydrogen (secondary N) is 4. The maximum absolute atomic E-state index is 13.4. The maximum Gasteiger partial charge on any atom is 0.329 e. The Labute approximate surface area is 273 Å². The fourth-order valence-electron chi connectivity index (χ4n) is 4.70. The average Bonchev–Trinajstić information content (AvgIpc) is 3.45. The van der Waals surface area contributed by atoms with Crippen LogP contribution in [0.1, 0.15) is 86.5 Å². The quantitative estimate of drug-likeness (QED) is 0.114. The minimum absolute atomic E-state index is 0.106. The third-order valence-corrected chi connectivity index (χ3v) is 6.99. The average molecular weight is 672 g/mol. The van der Waals surface area contributed by atoms with Gasteiger partial charge in [0.05, 0.1) is 7.11 Å². The maximum atomic E-state index is 13.4. The third kappa shape index (κ3) is 14.7. The van der Waals surface area contributed by atoms with Crippen LogP contribution in [-0.2, 0) is 43.0 Å². The normalized spacial score (nSPS) is 17.0. The largest absolute Gasteiger partial charge is 0.481 e. The fraction of sp³-hybridized carbons (Fsp3) is 0.733. The molecule has 0 aromatic rings. The molecule has 17 heteroatoms. The number of aliphatic carboxylic acids is 2. The molecule has 0 spiro atoms. The highest BCUT2D eigenvalue weighted by atomic mass is 16.6. The number of hydrogen-bond acceptors (Lipinski definition) is 10. The number of methoxy groups -OCH3 is 1. The van der Waals surface area contributed by atoms with Gasteiger partial charge in [-0.2, -0.15) is 0 Å². The molecule has 0 bridgehead atoms. The van der Waals surface area contributed by atoms with Crippen LogP contribution in [0, 0.1) is 5.92 Å². The smallest absolute Gasteiger partial charge is 0.329 e. The summed E-state index contributed by atoms with van der Waals surface area (Å²) in [6.07, 6.45) is -0.541. The summed E-state index contributed by atoms with van der Waals surface area (Å²) in [6, 6.07) is -6.74. The number of likely N-dealkylation sites (tertiary alicyclic amines) is 1. The molecule has 17 nitrogen and oxygen atoms in total. The molecular formula is C30H49N5O12. The van der Waals surface area contributed by atoms with Gasteiger partial charge < -0.3 is 45.9 Å². The summed E-state index contributed by atoms with van der Waals surface area (Å²) in [7, 11) is 1.06. The number of amides is 5. The molecule has 1 heterocycles. The van der Waals surface area contributed by atoms with Crippen LogP contribution in [-0.4, -0.2) is 112 Å². The molecular weight excluding hydrogens is 622 g/mol. The topological polar surface area (TPSA) is 247 Å². The lowest BCUT2D eigenvalue weighted by Crippen LogP contribution is -2.58. The third-order valence-electron chi connectivity index (χ3n) is 6.99. The highest BCUT2D eigenvalue weighted by Gasteiger charge is 2.39. The Morgan fingerprint density at radius 3 is 1.83 bits per heavy atom. The van der Waals surface area contributed by atoms with E-state index in [0.717, 1.165) is 7.11 Å². The number of carbonyl (C=O) groups is 8. The second kappa shape index (κ2) is 18.6. The first-order valence-corrected chi connectivity index (χ1v) is 15.5. The summed E-state index contributed by atoms with van der Waals surface area (Å²) in [5.41, 5.74) is -0.769. The van der Waals surface area contributed by atoms with Crippen molar-refractivity contribution < 1.29 is 58.0 Å². The molecule has 0 unspecified atom stereocenters. The van der Waals surface area contributed by atoms with Gasteiger partial charge in [0.2, 0.25) is 17.7 Å². The summed E-state index contributed by atoms with van der Waals surface area (Å²) >= 11 is 0. The van der Waals surface area contributed by atoms with Crippen LogP contribution in [0.5, 0.6) is 0 Å². The second-order valence-corrected chi connectivity index (χ2v) is 12.8. The van der Waals surface area contributed by atoms with E-state index >= 15 is 0 Å². The van der Waals surface area contributed by atoms with Gasteiger partial charge in [0, 0.05) is 19.4 Å². The summed E-state index contributed by atoms with van der Waals surface area (Å²) in [5.74, 6) is -6.60. The number of nitrogens with zero attached hydrogens (tertiary/aromatic N) is 1. The van der Waals surface area contributed by atoms with Gasteiger partial charge >= 0.3 is 29.9 Å². The number of hydrogen-bond donors (Lipinski definition) is 6. The first kappa shape index (κ1) is 40.6. The Morgan fingerprint density at radius 2 is 1.32 bits per heavy atom. The summed E-state index contributed by atoms with van der Waals surface area (Å²) in [5, 5.41) is 27.9. The second-order valence-electron chi connectivity index (χ2n) is 12.8. The van der Waals surface area contributed by atoms with E-state index in [1.54, 1.807) is 34.6 Å². The molecule has 0 aromatic carbocycles. The van der Waals surface area contributed by atoms with E-state index in [9.17, 15) is 43.5 Å². The number of carboxylic acids is 2. The van der Waals surface area contributed by atoms with E-state index in [2.05, 4.69) is 26.0 Å². The van der Waals surface area contributed by atoms with Crippen LogP contribution in [0.2, 0.25) is 0 Å². The summed E-state index contributed by atoms with van der Waals surface area (Å²) < 4.78 is 10.0. The summed E-state index contributed by atoms with van der Waals surface area (Å²) in [4.78, 5) is 101.